The maximum atomic E-state index is 13.4. The Labute approximate surface area is 211 Å². The normalized spacial score (nSPS) is 20.1. The Hall–Kier alpha value is -3.47. The molecule has 198 valence electrons. The first kappa shape index (κ1) is 28.8. The van der Waals surface area contributed by atoms with Gasteiger partial charge < -0.3 is 31.7 Å². The molecule has 1 aliphatic carbocycles. The predicted molar refractivity (Wildman–Crippen MR) is 133 cm³/mol. The van der Waals surface area contributed by atoms with Crippen LogP contribution in [0, 0.1) is 0 Å². The van der Waals surface area contributed by atoms with E-state index in [-0.39, 0.29) is 43.1 Å². The van der Waals surface area contributed by atoms with Crippen molar-refractivity contribution < 1.29 is 29.1 Å². The van der Waals surface area contributed by atoms with E-state index in [1.807, 2.05) is 12.1 Å². The number of rotatable bonds is 9. The molecule has 0 radical (unpaired) electrons. The number of nitrogens with one attached hydrogen (secondary N) is 3. The fourth-order valence-corrected chi connectivity index (χ4v) is 4.65. The second-order valence-electron chi connectivity index (χ2n) is 9.02. The summed E-state index contributed by atoms with van der Waals surface area (Å²) < 4.78 is 0. The number of carbonyl (C=O) groups is 5. The molecular weight excluding hydrogens is 466 g/mol. The zero-order chi connectivity index (χ0) is 26.7. The molecule has 6 N–H and O–H groups in total. The quantitative estimate of drug-likeness (QED) is 0.300. The van der Waals surface area contributed by atoms with Gasteiger partial charge in [0.05, 0.1) is 12.1 Å². The number of primary amides is 1. The summed E-state index contributed by atoms with van der Waals surface area (Å²) in [4.78, 5) is 60.2. The molecule has 0 saturated carbocycles. The first-order chi connectivity index (χ1) is 17.2. The Balaban J connectivity index is 0.00000145. The van der Waals surface area contributed by atoms with Crippen molar-refractivity contribution in [3.8, 4) is 0 Å². The van der Waals surface area contributed by atoms with E-state index in [0.717, 1.165) is 24.8 Å². The van der Waals surface area contributed by atoms with E-state index in [1.54, 1.807) is 18.9 Å². The summed E-state index contributed by atoms with van der Waals surface area (Å²) in [6.45, 7) is 1.86. The highest BCUT2D eigenvalue weighted by Gasteiger charge is 2.38. The molecule has 1 aliphatic heterocycles. The van der Waals surface area contributed by atoms with Crippen LogP contribution in [0.1, 0.15) is 62.6 Å². The topological polar surface area (TPSA) is 171 Å². The van der Waals surface area contributed by atoms with Crippen molar-refractivity contribution in [1.29, 1.82) is 0 Å². The molecule has 4 atom stereocenters. The fraction of sp³-hybridized carbons (Fsp3) is 0.560. The summed E-state index contributed by atoms with van der Waals surface area (Å²) in [6, 6.07) is 6.06. The summed E-state index contributed by atoms with van der Waals surface area (Å²) in [7, 11) is 1.65. The summed E-state index contributed by atoms with van der Waals surface area (Å²) >= 11 is 0. The third-order valence-corrected chi connectivity index (χ3v) is 6.64. The van der Waals surface area contributed by atoms with Crippen molar-refractivity contribution in [2.24, 2.45) is 5.73 Å². The van der Waals surface area contributed by atoms with Crippen LogP contribution in [0.25, 0.3) is 0 Å². The predicted octanol–water partition coefficient (Wildman–Crippen LogP) is 0.230. The number of carboxylic acid groups (broad SMARTS) is 1. The zero-order valence-electron chi connectivity index (χ0n) is 20.9. The number of likely N-dealkylation sites (tertiary alicyclic amines) is 1. The first-order valence-corrected chi connectivity index (χ1v) is 12.3. The second-order valence-corrected chi connectivity index (χ2v) is 9.02. The maximum Gasteiger partial charge on any atom is 0.290 e. The molecule has 1 heterocycles. The lowest BCUT2D eigenvalue weighted by Crippen LogP contribution is -2.55. The van der Waals surface area contributed by atoms with Gasteiger partial charge in [-0.3, -0.25) is 24.0 Å². The number of nitrogens with zero attached hydrogens (tertiary/aromatic N) is 1. The summed E-state index contributed by atoms with van der Waals surface area (Å²) in [5.41, 5.74) is 7.67. The van der Waals surface area contributed by atoms with Gasteiger partial charge in [-0.2, -0.15) is 0 Å². The van der Waals surface area contributed by atoms with Gasteiger partial charge >= 0.3 is 0 Å². The van der Waals surface area contributed by atoms with Crippen molar-refractivity contribution in [2.45, 2.75) is 76.0 Å². The Morgan fingerprint density at radius 2 is 1.89 bits per heavy atom. The molecule has 11 heteroatoms. The molecule has 0 bridgehead atoms. The van der Waals surface area contributed by atoms with Crippen molar-refractivity contribution >= 4 is 30.1 Å². The van der Waals surface area contributed by atoms with E-state index in [4.69, 9.17) is 15.6 Å². The lowest BCUT2D eigenvalue weighted by Gasteiger charge is -2.32. The Morgan fingerprint density at radius 3 is 2.56 bits per heavy atom. The molecule has 1 aromatic rings. The first-order valence-electron chi connectivity index (χ1n) is 12.3. The monoisotopic (exact) mass is 503 g/mol. The number of carbonyl (C=O) groups excluding carboxylic acids is 4. The van der Waals surface area contributed by atoms with Crippen LogP contribution < -0.4 is 21.7 Å². The smallest absolute Gasteiger partial charge is 0.290 e. The fourth-order valence-electron chi connectivity index (χ4n) is 4.65. The Morgan fingerprint density at radius 1 is 1.19 bits per heavy atom. The average molecular weight is 504 g/mol. The lowest BCUT2D eigenvalue weighted by molar-refractivity contribution is -0.142. The summed E-state index contributed by atoms with van der Waals surface area (Å²) in [5.74, 6) is -1.42. The van der Waals surface area contributed by atoms with Gasteiger partial charge in [-0.25, -0.2) is 0 Å². The highest BCUT2D eigenvalue weighted by molar-refractivity contribution is 5.93. The number of benzene rings is 1. The van der Waals surface area contributed by atoms with Crippen LogP contribution in [0.2, 0.25) is 0 Å². The van der Waals surface area contributed by atoms with Crippen LogP contribution in [0.15, 0.2) is 24.3 Å². The van der Waals surface area contributed by atoms with Gasteiger partial charge in [-0.15, -0.1) is 0 Å². The van der Waals surface area contributed by atoms with E-state index >= 15 is 0 Å². The van der Waals surface area contributed by atoms with E-state index in [0.29, 0.717) is 19.4 Å². The number of hydrogen-bond acceptors (Lipinski definition) is 6. The molecule has 0 spiro atoms. The Bertz CT molecular complexity index is 939. The standard InChI is InChI=1S/C24H35N5O4.CH2O2/c1-15(26-2)22(31)28-19(12-13-21(25)30)24(33)29-14-6-11-20(29)23(32)27-18-10-5-8-16-7-3-4-9-17(16)18;2-1-3/h3-4,7,9,15,18-20,26H,5-6,8,10-14H2,1-2H3,(H2,25,30)(H,27,32)(H,28,31);1H,(H,2,3)/t15-,18?,19-,20-;/m0./s1. The van der Waals surface area contributed by atoms with E-state index in [9.17, 15) is 19.2 Å². The average Bonchev–Trinajstić information content (AvgIpc) is 3.36. The highest BCUT2D eigenvalue weighted by atomic mass is 16.3. The third-order valence-electron chi connectivity index (χ3n) is 6.64. The van der Waals surface area contributed by atoms with E-state index in [1.165, 1.54) is 5.56 Å². The van der Waals surface area contributed by atoms with Gasteiger partial charge in [0.15, 0.2) is 0 Å². The van der Waals surface area contributed by atoms with Crippen molar-refractivity contribution in [3.63, 3.8) is 0 Å². The maximum absolute atomic E-state index is 13.4. The molecule has 2 aliphatic rings. The Kier molecular flexibility index (Phi) is 11.3. The minimum absolute atomic E-state index is 0.0335. The summed E-state index contributed by atoms with van der Waals surface area (Å²) in [6.07, 6.45) is 4.20. The molecule has 36 heavy (non-hydrogen) atoms. The van der Waals surface area contributed by atoms with Crippen LogP contribution in [-0.4, -0.2) is 71.8 Å². The van der Waals surface area contributed by atoms with Gasteiger partial charge in [-0.05, 0) is 63.6 Å². The van der Waals surface area contributed by atoms with Gasteiger partial charge in [-0.1, -0.05) is 24.3 Å². The SMILES string of the molecule is CN[C@@H](C)C(=O)N[C@@H](CCC(N)=O)C(=O)N1CCC[C@H]1C(=O)NC1CCCc2ccccc21.O=CO. The van der Waals surface area contributed by atoms with Crippen LogP contribution >= 0.6 is 0 Å². The molecule has 1 fully saturated rings. The summed E-state index contributed by atoms with van der Waals surface area (Å²) in [5, 5.41) is 15.6. The van der Waals surface area contributed by atoms with Crippen molar-refractivity contribution in [1.82, 2.24) is 20.9 Å². The molecule has 3 rings (SSSR count). The number of aryl methyl sites for hydroxylation is 1. The second kappa shape index (κ2) is 14.2. The number of nitrogens with two attached hydrogens (primary N) is 1. The minimum Gasteiger partial charge on any atom is -0.483 e. The van der Waals surface area contributed by atoms with Crippen LogP contribution in [0.5, 0.6) is 0 Å². The van der Waals surface area contributed by atoms with Gasteiger partial charge in [0.1, 0.15) is 12.1 Å². The molecule has 1 unspecified atom stereocenters. The van der Waals surface area contributed by atoms with Gasteiger partial charge in [0, 0.05) is 13.0 Å². The number of fused-ring (bicyclic) bond motifs is 1. The van der Waals surface area contributed by atoms with Crippen LogP contribution in [-0.2, 0) is 30.4 Å². The van der Waals surface area contributed by atoms with E-state index < -0.39 is 24.0 Å². The van der Waals surface area contributed by atoms with Crippen molar-refractivity contribution in [2.75, 3.05) is 13.6 Å². The molecule has 0 aromatic heterocycles. The van der Waals surface area contributed by atoms with Crippen LogP contribution in [0.3, 0.4) is 0 Å². The van der Waals surface area contributed by atoms with E-state index in [2.05, 4.69) is 28.1 Å². The minimum atomic E-state index is -0.912. The van der Waals surface area contributed by atoms with Crippen LogP contribution in [0.4, 0.5) is 0 Å². The lowest BCUT2D eigenvalue weighted by atomic mass is 9.87. The number of hydrogen-bond donors (Lipinski definition) is 5. The number of amides is 4. The molecular formula is C25H37N5O6. The third kappa shape index (κ3) is 7.77. The van der Waals surface area contributed by atoms with Gasteiger partial charge in [0.25, 0.3) is 6.47 Å². The molecule has 4 amide bonds. The number of likely N-dealkylation sites (N-methyl/N-ethyl adjacent to an activating group) is 1. The molecule has 1 saturated heterocycles. The van der Waals surface area contributed by atoms with Gasteiger partial charge in [0.2, 0.25) is 23.6 Å². The van der Waals surface area contributed by atoms with Crippen molar-refractivity contribution in [3.05, 3.63) is 35.4 Å². The zero-order valence-corrected chi connectivity index (χ0v) is 20.9. The highest BCUT2D eigenvalue weighted by Crippen LogP contribution is 2.30. The largest absolute Gasteiger partial charge is 0.483 e. The molecule has 1 aromatic carbocycles. The molecule has 11 nitrogen and oxygen atoms in total.